The summed E-state index contributed by atoms with van der Waals surface area (Å²) >= 11 is 1.43. The zero-order valence-electron chi connectivity index (χ0n) is 15.1. The van der Waals surface area contributed by atoms with Gasteiger partial charge in [-0.1, -0.05) is 12.1 Å². The van der Waals surface area contributed by atoms with Gasteiger partial charge in [-0.15, -0.1) is 11.8 Å². The maximum Gasteiger partial charge on any atom is 0.241 e. The summed E-state index contributed by atoms with van der Waals surface area (Å²) in [6.45, 7) is 3.15. The van der Waals surface area contributed by atoms with Crippen LogP contribution in [0.4, 0.5) is 5.69 Å². The number of anilines is 1. The van der Waals surface area contributed by atoms with Crippen LogP contribution in [0.1, 0.15) is 25.5 Å². The van der Waals surface area contributed by atoms with Crippen LogP contribution in [0.2, 0.25) is 0 Å². The molecule has 0 heterocycles. The highest BCUT2D eigenvalue weighted by Crippen LogP contribution is 2.29. The molecule has 2 aromatic carbocycles. The van der Waals surface area contributed by atoms with Crippen molar-refractivity contribution in [3.05, 3.63) is 48.0 Å². The van der Waals surface area contributed by atoms with Crippen LogP contribution in [-0.2, 0) is 14.8 Å². The maximum absolute atomic E-state index is 12.7. The predicted molar refractivity (Wildman–Crippen MR) is 104 cm³/mol. The molecular formula is C18H22N2O4S2. The lowest BCUT2D eigenvalue weighted by atomic mass is 10.1. The normalized spacial score (nSPS) is 12.5. The maximum atomic E-state index is 12.7. The molecule has 0 bridgehead atoms. The molecule has 8 heteroatoms. The molecule has 0 aromatic heterocycles. The Morgan fingerprint density at radius 3 is 2.35 bits per heavy atom. The average Bonchev–Trinajstić information content (AvgIpc) is 2.60. The largest absolute Gasteiger partial charge is 0.497 e. The second-order valence-corrected chi connectivity index (χ2v) is 8.22. The molecule has 2 aromatic rings. The molecule has 6 nitrogen and oxygen atoms in total. The minimum absolute atomic E-state index is 0.0967. The fourth-order valence-electron chi connectivity index (χ4n) is 2.40. The lowest BCUT2D eigenvalue weighted by molar-refractivity contribution is -0.114. The van der Waals surface area contributed by atoms with Crippen LogP contribution in [0.3, 0.4) is 0 Å². The Bertz CT molecular complexity index is 881. The van der Waals surface area contributed by atoms with Crippen molar-refractivity contribution in [1.82, 2.24) is 4.72 Å². The fraction of sp³-hybridized carbons (Fsp3) is 0.278. The van der Waals surface area contributed by atoms with Crippen LogP contribution >= 0.6 is 11.8 Å². The molecule has 0 saturated carbocycles. The van der Waals surface area contributed by atoms with Gasteiger partial charge in [0.2, 0.25) is 15.9 Å². The Labute approximate surface area is 158 Å². The van der Waals surface area contributed by atoms with Crippen molar-refractivity contribution in [1.29, 1.82) is 0 Å². The predicted octanol–water partition coefficient (Wildman–Crippen LogP) is 3.42. The van der Waals surface area contributed by atoms with E-state index in [1.807, 2.05) is 18.4 Å². The van der Waals surface area contributed by atoms with Crippen molar-refractivity contribution < 1.29 is 17.9 Å². The summed E-state index contributed by atoms with van der Waals surface area (Å²) in [6.07, 6.45) is 1.86. The highest BCUT2D eigenvalue weighted by molar-refractivity contribution is 7.98. The summed E-state index contributed by atoms with van der Waals surface area (Å²) in [6, 6.07) is 11.4. The van der Waals surface area contributed by atoms with Gasteiger partial charge in [0.05, 0.1) is 17.7 Å². The molecule has 0 spiro atoms. The monoisotopic (exact) mass is 394 g/mol. The third-order valence-electron chi connectivity index (χ3n) is 3.74. The van der Waals surface area contributed by atoms with Crippen LogP contribution in [0.5, 0.6) is 5.75 Å². The molecule has 0 unspecified atom stereocenters. The molecule has 0 aliphatic rings. The summed E-state index contributed by atoms with van der Waals surface area (Å²) in [5.74, 6) is 0.450. The van der Waals surface area contributed by atoms with E-state index in [-0.39, 0.29) is 10.8 Å². The number of nitrogens with one attached hydrogen (secondary N) is 2. The van der Waals surface area contributed by atoms with E-state index >= 15 is 0 Å². The Morgan fingerprint density at radius 1 is 1.15 bits per heavy atom. The number of benzene rings is 2. The average molecular weight is 395 g/mol. The summed E-state index contributed by atoms with van der Waals surface area (Å²) < 4.78 is 33.2. The standard InChI is InChI=1S/C18H22N2O4S2/c1-12(14-5-7-15(24-3)8-6-14)20-26(22,23)16-9-10-18(25-4)17(11-16)19-13(2)21/h5-12,20H,1-4H3,(H,19,21)/t12-/m1/s1. The highest BCUT2D eigenvalue weighted by Gasteiger charge is 2.20. The van der Waals surface area contributed by atoms with Gasteiger partial charge >= 0.3 is 0 Å². The molecular weight excluding hydrogens is 372 g/mol. The summed E-state index contributed by atoms with van der Waals surface area (Å²) in [5, 5.41) is 2.67. The van der Waals surface area contributed by atoms with E-state index in [1.54, 1.807) is 32.2 Å². The number of sulfonamides is 1. The fourth-order valence-corrected chi connectivity index (χ4v) is 4.19. The first-order valence-corrected chi connectivity index (χ1v) is 10.6. The minimum atomic E-state index is -3.75. The number of carbonyl (C=O) groups is 1. The van der Waals surface area contributed by atoms with Gasteiger partial charge in [-0.25, -0.2) is 13.1 Å². The third-order valence-corrected chi connectivity index (χ3v) is 6.07. The number of thioether (sulfide) groups is 1. The van der Waals surface area contributed by atoms with E-state index in [4.69, 9.17) is 4.74 Å². The van der Waals surface area contributed by atoms with Crippen LogP contribution in [0.15, 0.2) is 52.3 Å². The van der Waals surface area contributed by atoms with E-state index < -0.39 is 16.1 Å². The number of rotatable bonds is 7. The number of ether oxygens (including phenoxy) is 1. The van der Waals surface area contributed by atoms with Gasteiger partial charge in [-0.3, -0.25) is 4.79 Å². The Kier molecular flexibility index (Phi) is 6.69. The van der Waals surface area contributed by atoms with Gasteiger partial charge in [-0.05, 0) is 49.1 Å². The lowest BCUT2D eigenvalue weighted by Crippen LogP contribution is -2.27. The molecule has 0 radical (unpaired) electrons. The van der Waals surface area contributed by atoms with Crippen LogP contribution in [-0.4, -0.2) is 27.7 Å². The number of hydrogen-bond donors (Lipinski definition) is 2. The van der Waals surface area contributed by atoms with Gasteiger partial charge in [0.25, 0.3) is 0 Å². The molecule has 0 aliphatic carbocycles. The summed E-state index contributed by atoms with van der Waals surface area (Å²) in [5.41, 5.74) is 1.29. The first-order chi connectivity index (χ1) is 12.3. The smallest absolute Gasteiger partial charge is 0.241 e. The van der Waals surface area contributed by atoms with Crippen molar-refractivity contribution in [2.75, 3.05) is 18.7 Å². The van der Waals surface area contributed by atoms with E-state index in [0.29, 0.717) is 11.4 Å². The zero-order chi connectivity index (χ0) is 19.3. The molecule has 1 amide bonds. The van der Waals surface area contributed by atoms with Crippen LogP contribution in [0, 0.1) is 0 Å². The second-order valence-electron chi connectivity index (χ2n) is 5.66. The molecule has 26 heavy (non-hydrogen) atoms. The molecule has 140 valence electrons. The van der Waals surface area contributed by atoms with Crippen LogP contribution < -0.4 is 14.8 Å². The molecule has 2 N–H and O–H groups in total. The Morgan fingerprint density at radius 2 is 1.81 bits per heavy atom. The summed E-state index contributed by atoms with van der Waals surface area (Å²) in [7, 11) is -2.17. The van der Waals surface area contributed by atoms with Crippen molar-refractivity contribution in [2.24, 2.45) is 0 Å². The first kappa shape index (κ1) is 20.3. The van der Waals surface area contributed by atoms with Crippen molar-refractivity contribution in [2.45, 2.75) is 29.7 Å². The third kappa shape index (κ3) is 5.00. The van der Waals surface area contributed by atoms with E-state index in [9.17, 15) is 13.2 Å². The Balaban J connectivity index is 2.26. The van der Waals surface area contributed by atoms with Gasteiger partial charge < -0.3 is 10.1 Å². The Hall–Kier alpha value is -2.03. The quantitative estimate of drug-likeness (QED) is 0.703. The minimum Gasteiger partial charge on any atom is -0.497 e. The van der Waals surface area contributed by atoms with Gasteiger partial charge in [0.1, 0.15) is 5.75 Å². The number of amides is 1. The summed E-state index contributed by atoms with van der Waals surface area (Å²) in [4.78, 5) is 12.3. The van der Waals surface area contributed by atoms with E-state index in [0.717, 1.165) is 10.5 Å². The molecule has 1 atom stereocenters. The van der Waals surface area contributed by atoms with Crippen molar-refractivity contribution in [3.63, 3.8) is 0 Å². The molecule has 0 fully saturated rings. The van der Waals surface area contributed by atoms with Gasteiger partial charge in [0.15, 0.2) is 0 Å². The second kappa shape index (κ2) is 8.57. The van der Waals surface area contributed by atoms with Crippen molar-refractivity contribution in [3.8, 4) is 5.75 Å². The topological polar surface area (TPSA) is 84.5 Å². The SMILES string of the molecule is COc1ccc([C@@H](C)NS(=O)(=O)c2ccc(SC)c(NC(C)=O)c2)cc1. The van der Waals surface area contributed by atoms with Gasteiger partial charge in [0, 0.05) is 17.9 Å². The number of hydrogen-bond acceptors (Lipinski definition) is 5. The first-order valence-electron chi connectivity index (χ1n) is 7.88. The molecule has 0 saturated heterocycles. The molecule has 2 rings (SSSR count). The molecule has 0 aliphatic heterocycles. The van der Waals surface area contributed by atoms with Crippen molar-refractivity contribution >= 4 is 33.4 Å². The number of carbonyl (C=O) groups excluding carboxylic acids is 1. The zero-order valence-corrected chi connectivity index (χ0v) is 16.7. The van der Waals surface area contributed by atoms with Gasteiger partial charge in [-0.2, -0.15) is 0 Å². The van der Waals surface area contributed by atoms with E-state index in [1.165, 1.54) is 30.8 Å². The number of methoxy groups -OCH3 is 1. The van der Waals surface area contributed by atoms with Crippen LogP contribution in [0.25, 0.3) is 0 Å². The lowest BCUT2D eigenvalue weighted by Gasteiger charge is -2.16. The van der Waals surface area contributed by atoms with E-state index in [2.05, 4.69) is 10.0 Å². The highest BCUT2D eigenvalue weighted by atomic mass is 32.2.